The fraction of sp³-hybridized carbons (Fsp3) is 0. The van der Waals surface area contributed by atoms with E-state index in [2.05, 4.69) is 167 Å². The Labute approximate surface area is 315 Å². The Bertz CT molecular complexity index is 3480. The Morgan fingerprint density at radius 2 is 1.02 bits per heavy atom. The number of aromatic nitrogens is 4. The maximum atomic E-state index is 6.54. The average Bonchev–Trinajstić information content (AvgIpc) is 3.90. The van der Waals surface area contributed by atoms with E-state index in [1.807, 2.05) is 24.3 Å². The zero-order chi connectivity index (χ0) is 36.0. The van der Waals surface area contributed by atoms with E-state index in [0.717, 1.165) is 93.6 Å². The first-order chi connectivity index (χ1) is 27.3. The van der Waals surface area contributed by atoms with Crippen LogP contribution in [0.5, 0.6) is 0 Å². The molecule has 0 radical (unpaired) electrons. The van der Waals surface area contributed by atoms with Gasteiger partial charge in [-0.1, -0.05) is 140 Å². The van der Waals surface area contributed by atoms with E-state index in [0.29, 0.717) is 5.95 Å². The summed E-state index contributed by atoms with van der Waals surface area (Å²) in [5.41, 5.74) is 12.2. The smallest absolute Gasteiger partial charge is 0.235 e. The molecule has 12 rings (SSSR count). The Hall–Kier alpha value is -7.50. The number of rotatable bonds is 4. The molecule has 5 nitrogen and oxygen atoms in total. The third kappa shape index (κ3) is 4.41. The topological polar surface area (TPSA) is 48.8 Å². The number of hydrogen-bond acceptors (Lipinski definition) is 3. The average molecular weight is 703 g/mol. The molecule has 4 heterocycles. The van der Waals surface area contributed by atoms with Gasteiger partial charge in [-0.15, -0.1) is 0 Å². The quantitative estimate of drug-likeness (QED) is 0.183. The predicted octanol–water partition coefficient (Wildman–Crippen LogP) is 13.1. The monoisotopic (exact) mass is 702 g/mol. The molecule has 0 amide bonds. The molecule has 0 saturated heterocycles. The third-order valence-corrected chi connectivity index (χ3v) is 11.1. The van der Waals surface area contributed by atoms with Crippen LogP contribution in [-0.4, -0.2) is 19.1 Å². The Morgan fingerprint density at radius 1 is 0.364 bits per heavy atom. The lowest BCUT2D eigenvalue weighted by molar-refractivity contribution is 0.669. The van der Waals surface area contributed by atoms with Gasteiger partial charge in [0.2, 0.25) is 5.95 Å². The molecule has 5 heteroatoms. The van der Waals surface area contributed by atoms with Gasteiger partial charge >= 0.3 is 0 Å². The molecule has 0 atom stereocenters. The van der Waals surface area contributed by atoms with Gasteiger partial charge in [0.15, 0.2) is 0 Å². The van der Waals surface area contributed by atoms with Gasteiger partial charge in [-0.3, -0.25) is 4.57 Å². The summed E-state index contributed by atoms with van der Waals surface area (Å²) in [6, 6.07) is 64.2. The summed E-state index contributed by atoms with van der Waals surface area (Å²) in [5, 5.41) is 7.78. The van der Waals surface area contributed by atoms with Crippen LogP contribution in [-0.2, 0) is 0 Å². The van der Waals surface area contributed by atoms with Crippen molar-refractivity contribution in [2.24, 2.45) is 0 Å². The number of furan rings is 1. The summed E-state index contributed by atoms with van der Waals surface area (Å²) in [6.07, 6.45) is 0. The molecule has 256 valence electrons. The molecule has 0 bridgehead atoms. The third-order valence-electron chi connectivity index (χ3n) is 11.1. The van der Waals surface area contributed by atoms with Crippen molar-refractivity contribution in [3.8, 4) is 34.0 Å². The molecule has 0 aliphatic carbocycles. The number of para-hydroxylation sites is 3. The summed E-state index contributed by atoms with van der Waals surface area (Å²) >= 11 is 0. The standard InChI is InChI=1S/C50H30N4O/c1-3-14-31(15-4-1)33-18-13-19-34(28-33)53-43-24-11-8-20-35(43)37-26-27-38-40-29-41-36-21-9-12-25-45(36)55-46(41)30-44(40)54(49(38)48(37)53)50-51-42-23-10-7-22-39(42)47(52-50)32-16-5-2-6-17-32/h1-30H. The van der Waals surface area contributed by atoms with Crippen molar-refractivity contribution in [2.75, 3.05) is 0 Å². The van der Waals surface area contributed by atoms with Crippen LogP contribution in [0.15, 0.2) is 186 Å². The van der Waals surface area contributed by atoms with E-state index in [1.165, 1.54) is 10.9 Å². The predicted molar refractivity (Wildman–Crippen MR) is 226 cm³/mol. The highest BCUT2D eigenvalue weighted by Crippen LogP contribution is 2.44. The number of benzene rings is 8. The molecule has 0 saturated carbocycles. The highest BCUT2D eigenvalue weighted by Gasteiger charge is 2.24. The van der Waals surface area contributed by atoms with Crippen LogP contribution < -0.4 is 0 Å². The second kappa shape index (κ2) is 11.5. The first kappa shape index (κ1) is 30.0. The van der Waals surface area contributed by atoms with Crippen LogP contribution >= 0.6 is 0 Å². The van der Waals surface area contributed by atoms with Gasteiger partial charge < -0.3 is 8.98 Å². The molecule has 4 aromatic heterocycles. The zero-order valence-electron chi connectivity index (χ0n) is 29.5. The number of nitrogens with zero attached hydrogens (tertiary/aromatic N) is 4. The van der Waals surface area contributed by atoms with E-state index in [4.69, 9.17) is 14.4 Å². The lowest BCUT2D eigenvalue weighted by Gasteiger charge is -2.14. The molecule has 12 aromatic rings. The molecular weight excluding hydrogens is 673 g/mol. The minimum atomic E-state index is 0.607. The fourth-order valence-corrected chi connectivity index (χ4v) is 8.68. The molecule has 8 aromatic carbocycles. The number of hydrogen-bond donors (Lipinski definition) is 0. The van der Waals surface area contributed by atoms with Gasteiger partial charge in [0.25, 0.3) is 0 Å². The second-order valence-corrected chi connectivity index (χ2v) is 14.2. The van der Waals surface area contributed by atoms with Crippen molar-refractivity contribution in [1.82, 2.24) is 19.1 Å². The zero-order valence-corrected chi connectivity index (χ0v) is 29.5. The largest absolute Gasteiger partial charge is 0.456 e. The molecule has 0 unspecified atom stereocenters. The summed E-state index contributed by atoms with van der Waals surface area (Å²) in [7, 11) is 0. The molecule has 55 heavy (non-hydrogen) atoms. The van der Waals surface area contributed by atoms with Crippen molar-refractivity contribution in [3.05, 3.63) is 182 Å². The van der Waals surface area contributed by atoms with E-state index < -0.39 is 0 Å². The molecule has 0 N–H and O–H groups in total. The fourth-order valence-electron chi connectivity index (χ4n) is 8.68. The van der Waals surface area contributed by atoms with Crippen molar-refractivity contribution in [2.45, 2.75) is 0 Å². The Balaban J connectivity index is 1.28. The first-order valence-corrected chi connectivity index (χ1v) is 18.6. The van der Waals surface area contributed by atoms with E-state index in [-0.39, 0.29) is 0 Å². The van der Waals surface area contributed by atoms with Gasteiger partial charge in [-0.25, -0.2) is 9.97 Å². The van der Waals surface area contributed by atoms with E-state index in [9.17, 15) is 0 Å². The van der Waals surface area contributed by atoms with Crippen LogP contribution in [0.1, 0.15) is 0 Å². The molecule has 0 spiro atoms. The van der Waals surface area contributed by atoms with Crippen LogP contribution in [0.25, 0.3) is 110 Å². The van der Waals surface area contributed by atoms with Gasteiger partial charge in [0.05, 0.1) is 33.3 Å². The molecule has 0 fully saturated rings. The van der Waals surface area contributed by atoms with Crippen LogP contribution in [0.2, 0.25) is 0 Å². The van der Waals surface area contributed by atoms with Gasteiger partial charge in [-0.2, -0.15) is 0 Å². The van der Waals surface area contributed by atoms with E-state index >= 15 is 0 Å². The minimum Gasteiger partial charge on any atom is -0.456 e. The SMILES string of the molecule is c1ccc(-c2cccc(-n3c4ccccc4c4ccc5c6cc7c(cc6n(-c6nc(-c8ccccc8)c8ccccc8n6)c5c43)oc3ccccc37)c2)cc1. The van der Waals surface area contributed by atoms with Gasteiger partial charge in [0.1, 0.15) is 11.2 Å². The maximum absolute atomic E-state index is 6.54. The molecule has 0 aliphatic heterocycles. The normalized spacial score (nSPS) is 12.0. The Morgan fingerprint density at radius 3 is 1.85 bits per heavy atom. The lowest BCUT2D eigenvalue weighted by atomic mass is 10.0. The van der Waals surface area contributed by atoms with Crippen molar-refractivity contribution < 1.29 is 4.42 Å². The maximum Gasteiger partial charge on any atom is 0.235 e. The van der Waals surface area contributed by atoms with Crippen molar-refractivity contribution >= 4 is 76.5 Å². The molecular formula is C50H30N4O. The lowest BCUT2D eigenvalue weighted by Crippen LogP contribution is -2.05. The molecule has 0 aliphatic rings. The van der Waals surface area contributed by atoms with Gasteiger partial charge in [0, 0.05) is 55.0 Å². The van der Waals surface area contributed by atoms with Gasteiger partial charge in [-0.05, 0) is 47.5 Å². The summed E-state index contributed by atoms with van der Waals surface area (Å²) < 4.78 is 11.2. The summed E-state index contributed by atoms with van der Waals surface area (Å²) in [4.78, 5) is 10.8. The minimum absolute atomic E-state index is 0.607. The summed E-state index contributed by atoms with van der Waals surface area (Å²) in [5.74, 6) is 0.607. The van der Waals surface area contributed by atoms with Crippen LogP contribution in [0.3, 0.4) is 0 Å². The van der Waals surface area contributed by atoms with Crippen molar-refractivity contribution in [1.29, 1.82) is 0 Å². The highest BCUT2D eigenvalue weighted by atomic mass is 16.3. The Kier molecular flexibility index (Phi) is 6.27. The summed E-state index contributed by atoms with van der Waals surface area (Å²) in [6.45, 7) is 0. The van der Waals surface area contributed by atoms with Crippen molar-refractivity contribution in [3.63, 3.8) is 0 Å². The first-order valence-electron chi connectivity index (χ1n) is 18.6. The highest BCUT2D eigenvalue weighted by molar-refractivity contribution is 6.25. The second-order valence-electron chi connectivity index (χ2n) is 14.2. The van der Waals surface area contributed by atoms with Crippen LogP contribution in [0, 0.1) is 0 Å². The van der Waals surface area contributed by atoms with E-state index in [1.54, 1.807) is 0 Å². The van der Waals surface area contributed by atoms with Crippen LogP contribution in [0.4, 0.5) is 0 Å². The number of fused-ring (bicyclic) bond motifs is 11.